The van der Waals surface area contributed by atoms with Crippen molar-refractivity contribution in [1.82, 2.24) is 14.9 Å². The van der Waals surface area contributed by atoms with Crippen molar-refractivity contribution >= 4 is 0 Å². The fourth-order valence-electron chi connectivity index (χ4n) is 4.18. The molecule has 1 aliphatic rings. The lowest BCUT2D eigenvalue weighted by atomic mass is 10.0. The summed E-state index contributed by atoms with van der Waals surface area (Å²) in [6.07, 6.45) is 4.62. The number of nitrogens with zero attached hydrogens (tertiary/aromatic N) is 2. The van der Waals surface area contributed by atoms with Crippen molar-refractivity contribution in [1.29, 1.82) is 0 Å². The molecule has 0 aliphatic carbocycles. The van der Waals surface area contributed by atoms with Gasteiger partial charge in [-0.1, -0.05) is 74.9 Å². The number of hydrogen-bond acceptors (Lipinski definition) is 3. The highest BCUT2D eigenvalue weighted by molar-refractivity contribution is 5.77. The Labute approximate surface area is 179 Å². The molecule has 1 saturated heterocycles. The zero-order valence-corrected chi connectivity index (χ0v) is 18.0. The zero-order chi connectivity index (χ0) is 20.9. The van der Waals surface area contributed by atoms with E-state index in [1.165, 1.54) is 37.9 Å². The molecule has 1 aromatic heterocycles. The van der Waals surface area contributed by atoms with Crippen molar-refractivity contribution in [2.45, 2.75) is 46.1 Å². The van der Waals surface area contributed by atoms with Gasteiger partial charge in [-0.15, -0.1) is 0 Å². The molecule has 4 nitrogen and oxygen atoms in total. The normalized spacial score (nSPS) is 14.9. The van der Waals surface area contributed by atoms with E-state index >= 15 is 0 Å². The van der Waals surface area contributed by atoms with Gasteiger partial charge in [-0.3, -0.25) is 9.69 Å². The second-order valence-electron chi connectivity index (χ2n) is 8.73. The van der Waals surface area contributed by atoms with Gasteiger partial charge in [0.25, 0.3) is 5.56 Å². The number of hydrogen-bond donors (Lipinski definition) is 1. The maximum atomic E-state index is 12.7. The zero-order valence-electron chi connectivity index (χ0n) is 18.0. The van der Waals surface area contributed by atoms with Crippen molar-refractivity contribution in [2.75, 3.05) is 13.1 Å². The highest BCUT2D eigenvalue weighted by Gasteiger charge is 2.16. The summed E-state index contributed by atoms with van der Waals surface area (Å²) in [6.45, 7) is 7.59. The third-order valence-electron chi connectivity index (χ3n) is 5.73. The van der Waals surface area contributed by atoms with Gasteiger partial charge in [0.05, 0.1) is 11.4 Å². The van der Waals surface area contributed by atoms with Crippen molar-refractivity contribution in [3.8, 4) is 22.5 Å². The standard InChI is InChI=1S/C26H31N3O/c1-19(2)17-23-26(30)28-25(24(27-23)21-9-5-3-6-10-21)22-13-11-20(12-14-22)18-29-15-7-4-8-16-29/h3,5-6,9-14,19H,4,7-8,15-18H2,1-2H3,(H,28,30). The van der Waals surface area contributed by atoms with Crippen LogP contribution in [0.4, 0.5) is 0 Å². The Morgan fingerprint density at radius 1 is 0.933 bits per heavy atom. The topological polar surface area (TPSA) is 49.0 Å². The Hall–Kier alpha value is -2.72. The van der Waals surface area contributed by atoms with E-state index in [0.29, 0.717) is 18.0 Å². The molecular formula is C26H31N3O. The molecule has 0 unspecified atom stereocenters. The molecule has 0 spiro atoms. The number of nitrogens with one attached hydrogen (secondary N) is 1. The molecule has 0 radical (unpaired) electrons. The molecule has 2 aromatic carbocycles. The molecule has 30 heavy (non-hydrogen) atoms. The highest BCUT2D eigenvalue weighted by atomic mass is 16.1. The summed E-state index contributed by atoms with van der Waals surface area (Å²) in [5, 5.41) is 0. The van der Waals surface area contributed by atoms with E-state index in [-0.39, 0.29) is 5.56 Å². The van der Waals surface area contributed by atoms with Crippen LogP contribution in [0, 0.1) is 5.92 Å². The van der Waals surface area contributed by atoms with E-state index in [2.05, 4.69) is 48.0 Å². The predicted molar refractivity (Wildman–Crippen MR) is 123 cm³/mol. The molecular weight excluding hydrogens is 370 g/mol. The Morgan fingerprint density at radius 2 is 1.63 bits per heavy atom. The second-order valence-corrected chi connectivity index (χ2v) is 8.73. The lowest BCUT2D eigenvalue weighted by Gasteiger charge is -2.26. The van der Waals surface area contributed by atoms with Crippen LogP contribution in [0.2, 0.25) is 0 Å². The average Bonchev–Trinajstić information content (AvgIpc) is 2.76. The minimum absolute atomic E-state index is 0.0872. The van der Waals surface area contributed by atoms with Gasteiger partial charge in [0.1, 0.15) is 5.69 Å². The second kappa shape index (κ2) is 9.40. The van der Waals surface area contributed by atoms with E-state index in [4.69, 9.17) is 4.98 Å². The number of piperidine rings is 1. The SMILES string of the molecule is CC(C)Cc1nc(-c2ccccc2)c(-c2ccc(CN3CCCCC3)cc2)[nH]c1=O. The molecule has 0 atom stereocenters. The van der Waals surface area contributed by atoms with Crippen LogP contribution in [0.1, 0.15) is 44.4 Å². The first kappa shape index (κ1) is 20.5. The Kier molecular flexibility index (Phi) is 6.44. The summed E-state index contributed by atoms with van der Waals surface area (Å²) in [4.78, 5) is 23.2. The van der Waals surface area contributed by atoms with Crippen LogP contribution in [0.15, 0.2) is 59.4 Å². The van der Waals surface area contributed by atoms with Crippen molar-refractivity contribution < 1.29 is 0 Å². The van der Waals surface area contributed by atoms with Crippen LogP contribution in [0.5, 0.6) is 0 Å². The molecule has 0 bridgehead atoms. The Balaban J connectivity index is 1.68. The van der Waals surface area contributed by atoms with Gasteiger partial charge in [-0.05, 0) is 43.8 Å². The van der Waals surface area contributed by atoms with Crippen molar-refractivity contribution in [3.63, 3.8) is 0 Å². The van der Waals surface area contributed by atoms with Gasteiger partial charge in [-0.25, -0.2) is 4.98 Å². The number of aromatic amines is 1. The minimum Gasteiger partial charge on any atom is -0.319 e. The van der Waals surface area contributed by atoms with Gasteiger partial charge in [0, 0.05) is 17.7 Å². The van der Waals surface area contributed by atoms with E-state index in [1.807, 2.05) is 30.3 Å². The fraction of sp³-hybridized carbons (Fsp3) is 0.385. The van der Waals surface area contributed by atoms with Gasteiger partial charge in [-0.2, -0.15) is 0 Å². The first-order chi connectivity index (χ1) is 14.6. The van der Waals surface area contributed by atoms with Crippen molar-refractivity contribution in [2.24, 2.45) is 5.92 Å². The van der Waals surface area contributed by atoms with Crippen LogP contribution < -0.4 is 5.56 Å². The molecule has 0 saturated carbocycles. The molecule has 1 N–H and O–H groups in total. The van der Waals surface area contributed by atoms with Crippen LogP contribution in [0.3, 0.4) is 0 Å². The molecule has 2 heterocycles. The summed E-state index contributed by atoms with van der Waals surface area (Å²) in [5.74, 6) is 0.377. The maximum Gasteiger partial charge on any atom is 0.270 e. The smallest absolute Gasteiger partial charge is 0.270 e. The summed E-state index contributed by atoms with van der Waals surface area (Å²) in [7, 11) is 0. The first-order valence-electron chi connectivity index (χ1n) is 11.1. The third-order valence-corrected chi connectivity index (χ3v) is 5.73. The largest absolute Gasteiger partial charge is 0.319 e. The van der Waals surface area contributed by atoms with Crippen LogP contribution in [0.25, 0.3) is 22.5 Å². The Bertz CT molecular complexity index is 1020. The lowest BCUT2D eigenvalue weighted by Crippen LogP contribution is -2.29. The number of benzene rings is 2. The van der Waals surface area contributed by atoms with Crippen LogP contribution >= 0.6 is 0 Å². The van der Waals surface area contributed by atoms with Crippen molar-refractivity contribution in [3.05, 3.63) is 76.2 Å². The summed E-state index contributed by atoms with van der Waals surface area (Å²) >= 11 is 0. The highest BCUT2D eigenvalue weighted by Crippen LogP contribution is 2.28. The fourth-order valence-corrected chi connectivity index (χ4v) is 4.18. The molecule has 0 amide bonds. The molecule has 1 aliphatic heterocycles. The Morgan fingerprint density at radius 3 is 2.30 bits per heavy atom. The minimum atomic E-state index is -0.0872. The van der Waals surface area contributed by atoms with Gasteiger partial charge in [0.15, 0.2) is 0 Å². The number of likely N-dealkylation sites (tertiary alicyclic amines) is 1. The molecule has 3 aromatic rings. The third kappa shape index (κ3) is 4.88. The molecule has 1 fully saturated rings. The number of aromatic nitrogens is 2. The lowest BCUT2D eigenvalue weighted by molar-refractivity contribution is 0.221. The van der Waals surface area contributed by atoms with Gasteiger partial charge >= 0.3 is 0 Å². The van der Waals surface area contributed by atoms with E-state index in [0.717, 1.165) is 29.1 Å². The number of rotatable bonds is 6. The average molecular weight is 402 g/mol. The maximum absolute atomic E-state index is 12.7. The molecule has 4 rings (SSSR count). The first-order valence-corrected chi connectivity index (χ1v) is 11.1. The summed E-state index contributed by atoms with van der Waals surface area (Å²) in [6, 6.07) is 18.7. The predicted octanol–water partition coefficient (Wildman–Crippen LogP) is 5.29. The van der Waals surface area contributed by atoms with Crippen LogP contribution in [-0.4, -0.2) is 28.0 Å². The van der Waals surface area contributed by atoms with E-state index in [9.17, 15) is 4.79 Å². The monoisotopic (exact) mass is 401 g/mol. The van der Waals surface area contributed by atoms with Crippen LogP contribution in [-0.2, 0) is 13.0 Å². The number of H-pyrrole nitrogens is 1. The summed E-state index contributed by atoms with van der Waals surface area (Å²) in [5.41, 5.74) is 5.49. The molecule has 4 heteroatoms. The summed E-state index contributed by atoms with van der Waals surface area (Å²) < 4.78 is 0. The molecule has 156 valence electrons. The van der Waals surface area contributed by atoms with Gasteiger partial charge in [0.2, 0.25) is 0 Å². The van der Waals surface area contributed by atoms with Gasteiger partial charge < -0.3 is 4.98 Å². The van der Waals surface area contributed by atoms with E-state index < -0.39 is 0 Å². The quantitative estimate of drug-likeness (QED) is 0.611. The van der Waals surface area contributed by atoms with E-state index in [1.54, 1.807) is 0 Å².